The molecule has 0 aliphatic heterocycles. The first kappa shape index (κ1) is 12.4. The van der Waals surface area contributed by atoms with Crippen molar-refractivity contribution in [2.45, 2.75) is 32.1 Å². The van der Waals surface area contributed by atoms with E-state index in [0.29, 0.717) is 16.7 Å². The number of hydrogen-bond acceptors (Lipinski definition) is 3. The van der Waals surface area contributed by atoms with Crippen LogP contribution in [0, 0.1) is 0 Å². The third-order valence-electron chi connectivity index (χ3n) is 3.37. The fourth-order valence-electron chi connectivity index (χ4n) is 2.33. The molecule has 1 heterocycles. The maximum absolute atomic E-state index is 5.86. The second-order valence-electron chi connectivity index (χ2n) is 4.83. The Bertz CT molecular complexity index is 578. The van der Waals surface area contributed by atoms with Crippen LogP contribution in [0.1, 0.15) is 38.0 Å². The molecule has 0 N–H and O–H groups in total. The summed E-state index contributed by atoms with van der Waals surface area (Å²) in [5.74, 6) is 1.21. The number of hydrogen-bond donors (Lipinski definition) is 0. The summed E-state index contributed by atoms with van der Waals surface area (Å²) in [6.07, 6.45) is 8.20. The molecular formula is C15H15ClN2O. The topological polar surface area (TPSA) is 38.9 Å². The van der Waals surface area contributed by atoms with Crippen molar-refractivity contribution >= 4 is 17.7 Å². The summed E-state index contributed by atoms with van der Waals surface area (Å²) in [5.41, 5.74) is 2.33. The first-order valence-electron chi connectivity index (χ1n) is 6.60. The number of allylic oxidation sites excluding steroid dienone is 1. The molecule has 0 amide bonds. The highest BCUT2D eigenvalue weighted by Crippen LogP contribution is 2.25. The largest absolute Gasteiger partial charge is 0.334 e. The second-order valence-corrected chi connectivity index (χ2v) is 5.26. The summed E-state index contributed by atoms with van der Waals surface area (Å²) in [6.45, 7) is 0. The molecule has 2 aromatic rings. The van der Waals surface area contributed by atoms with Crippen molar-refractivity contribution < 1.29 is 4.52 Å². The molecule has 0 saturated heterocycles. The molecule has 1 aromatic heterocycles. The fraction of sp³-hybridized carbons (Fsp3) is 0.333. The molecule has 0 unspecified atom stereocenters. The van der Waals surface area contributed by atoms with Crippen LogP contribution in [0.25, 0.3) is 17.5 Å². The van der Waals surface area contributed by atoms with Gasteiger partial charge < -0.3 is 4.52 Å². The van der Waals surface area contributed by atoms with Gasteiger partial charge in [-0.05, 0) is 49.9 Å². The Morgan fingerprint density at radius 3 is 2.53 bits per heavy atom. The van der Waals surface area contributed by atoms with Gasteiger partial charge in [-0.25, -0.2) is 0 Å². The van der Waals surface area contributed by atoms with Crippen LogP contribution >= 0.6 is 11.6 Å². The van der Waals surface area contributed by atoms with Crippen LogP contribution in [0.15, 0.2) is 34.4 Å². The average Bonchev–Trinajstić information content (AvgIpc) is 2.89. The molecule has 0 radical (unpaired) electrons. The Morgan fingerprint density at radius 2 is 1.79 bits per heavy atom. The zero-order chi connectivity index (χ0) is 13.1. The summed E-state index contributed by atoms with van der Waals surface area (Å²) in [7, 11) is 0. The highest BCUT2D eigenvalue weighted by Gasteiger charge is 2.10. The summed E-state index contributed by atoms with van der Waals surface area (Å²) >= 11 is 5.86. The maximum atomic E-state index is 5.86. The Morgan fingerprint density at radius 1 is 1.05 bits per heavy atom. The number of benzene rings is 1. The molecule has 3 rings (SSSR count). The van der Waals surface area contributed by atoms with E-state index < -0.39 is 0 Å². The van der Waals surface area contributed by atoms with Gasteiger partial charge in [0.25, 0.3) is 5.89 Å². The van der Waals surface area contributed by atoms with Gasteiger partial charge >= 0.3 is 0 Å². The normalized spacial score (nSPS) is 15.5. The number of rotatable bonds is 2. The average molecular weight is 275 g/mol. The third-order valence-corrected chi connectivity index (χ3v) is 3.62. The molecule has 19 heavy (non-hydrogen) atoms. The molecule has 3 nitrogen and oxygen atoms in total. The summed E-state index contributed by atoms with van der Waals surface area (Å²) < 4.78 is 5.28. The lowest BCUT2D eigenvalue weighted by molar-refractivity contribution is 0.410. The van der Waals surface area contributed by atoms with E-state index in [2.05, 4.69) is 10.1 Å². The predicted molar refractivity (Wildman–Crippen MR) is 75.8 cm³/mol. The van der Waals surface area contributed by atoms with Gasteiger partial charge in [-0.3, -0.25) is 0 Å². The second kappa shape index (κ2) is 5.57. The van der Waals surface area contributed by atoms with Crippen LogP contribution in [-0.4, -0.2) is 10.1 Å². The van der Waals surface area contributed by atoms with Crippen molar-refractivity contribution in [2.75, 3.05) is 0 Å². The van der Waals surface area contributed by atoms with E-state index in [9.17, 15) is 0 Å². The minimum Gasteiger partial charge on any atom is -0.334 e. The van der Waals surface area contributed by atoms with Crippen molar-refractivity contribution in [2.24, 2.45) is 0 Å². The van der Waals surface area contributed by atoms with E-state index in [1.165, 1.54) is 24.8 Å². The van der Waals surface area contributed by atoms with Crippen LogP contribution in [0.4, 0.5) is 0 Å². The molecule has 1 aliphatic rings. The lowest BCUT2D eigenvalue weighted by Gasteiger charge is -2.11. The summed E-state index contributed by atoms with van der Waals surface area (Å²) in [6, 6.07) is 7.44. The van der Waals surface area contributed by atoms with E-state index >= 15 is 0 Å². The first-order valence-corrected chi connectivity index (χ1v) is 6.98. The van der Waals surface area contributed by atoms with Gasteiger partial charge in [0.15, 0.2) is 0 Å². The Labute approximate surface area is 117 Å². The van der Waals surface area contributed by atoms with Gasteiger partial charge in [0, 0.05) is 16.7 Å². The number of aromatic nitrogens is 2. The predicted octanol–water partition coefficient (Wildman–Crippen LogP) is 4.74. The Hall–Kier alpha value is -1.61. The van der Waals surface area contributed by atoms with Crippen molar-refractivity contribution in [1.82, 2.24) is 10.1 Å². The van der Waals surface area contributed by atoms with E-state index in [1.54, 1.807) is 0 Å². The summed E-state index contributed by atoms with van der Waals surface area (Å²) in [4.78, 5) is 4.41. The molecule has 0 atom stereocenters. The minimum atomic E-state index is 0.599. The van der Waals surface area contributed by atoms with Gasteiger partial charge in [0.1, 0.15) is 0 Å². The molecule has 0 bridgehead atoms. The lowest BCUT2D eigenvalue weighted by Crippen LogP contribution is -1.93. The molecule has 1 aliphatic carbocycles. The van der Waals surface area contributed by atoms with Gasteiger partial charge in [-0.15, -0.1) is 0 Å². The standard InChI is InChI=1S/C15H15ClN2O/c16-13-8-6-12(7-9-13)15-17-14(19-18-15)10-11-4-2-1-3-5-11/h6-10H,1-5H2. The van der Waals surface area contributed by atoms with E-state index in [-0.39, 0.29) is 0 Å². The third kappa shape index (κ3) is 3.04. The molecule has 98 valence electrons. The smallest absolute Gasteiger partial charge is 0.250 e. The van der Waals surface area contributed by atoms with Crippen LogP contribution in [0.5, 0.6) is 0 Å². The van der Waals surface area contributed by atoms with Crippen molar-refractivity contribution in [3.05, 3.63) is 40.8 Å². The number of nitrogens with zero attached hydrogens (tertiary/aromatic N) is 2. The van der Waals surface area contributed by atoms with E-state index in [0.717, 1.165) is 18.4 Å². The summed E-state index contributed by atoms with van der Waals surface area (Å²) in [5, 5.41) is 4.71. The zero-order valence-electron chi connectivity index (χ0n) is 10.6. The maximum Gasteiger partial charge on any atom is 0.250 e. The number of halogens is 1. The van der Waals surface area contributed by atoms with Crippen molar-refractivity contribution in [1.29, 1.82) is 0 Å². The first-order chi connectivity index (χ1) is 9.31. The van der Waals surface area contributed by atoms with Crippen LogP contribution in [-0.2, 0) is 0 Å². The van der Waals surface area contributed by atoms with Gasteiger partial charge in [0.2, 0.25) is 5.82 Å². The van der Waals surface area contributed by atoms with Crippen LogP contribution in [0.2, 0.25) is 5.02 Å². The molecule has 4 heteroatoms. The van der Waals surface area contributed by atoms with Crippen molar-refractivity contribution in [3.63, 3.8) is 0 Å². The molecular weight excluding hydrogens is 260 g/mol. The Kier molecular flexibility index (Phi) is 3.65. The van der Waals surface area contributed by atoms with E-state index in [1.807, 2.05) is 30.3 Å². The van der Waals surface area contributed by atoms with Gasteiger partial charge in [-0.2, -0.15) is 4.98 Å². The van der Waals surface area contributed by atoms with Crippen molar-refractivity contribution in [3.8, 4) is 11.4 Å². The molecule has 1 fully saturated rings. The monoisotopic (exact) mass is 274 g/mol. The minimum absolute atomic E-state index is 0.599. The zero-order valence-corrected chi connectivity index (χ0v) is 11.4. The highest BCUT2D eigenvalue weighted by molar-refractivity contribution is 6.30. The Balaban J connectivity index is 1.81. The molecule has 1 saturated carbocycles. The molecule has 1 aromatic carbocycles. The molecule has 0 spiro atoms. The highest BCUT2D eigenvalue weighted by atomic mass is 35.5. The van der Waals surface area contributed by atoms with Crippen LogP contribution in [0.3, 0.4) is 0 Å². The lowest BCUT2D eigenvalue weighted by atomic mass is 9.95. The fourth-order valence-corrected chi connectivity index (χ4v) is 2.46. The SMILES string of the molecule is Clc1ccc(-c2noc(C=C3CCCCC3)n2)cc1. The van der Waals surface area contributed by atoms with Gasteiger partial charge in [0.05, 0.1) is 0 Å². The van der Waals surface area contributed by atoms with E-state index in [4.69, 9.17) is 16.1 Å². The van der Waals surface area contributed by atoms with Crippen LogP contribution < -0.4 is 0 Å². The quantitative estimate of drug-likeness (QED) is 0.794. The van der Waals surface area contributed by atoms with Gasteiger partial charge in [-0.1, -0.05) is 28.8 Å².